The van der Waals surface area contributed by atoms with Gasteiger partial charge in [0.1, 0.15) is 6.04 Å². The summed E-state index contributed by atoms with van der Waals surface area (Å²) in [6, 6.07) is 6.53. The first-order chi connectivity index (χ1) is 9.11. The highest BCUT2D eigenvalue weighted by Crippen LogP contribution is 2.22. The number of nitrogens with one attached hydrogen (secondary N) is 1. The van der Waals surface area contributed by atoms with Crippen molar-refractivity contribution in [2.24, 2.45) is 0 Å². The van der Waals surface area contributed by atoms with Gasteiger partial charge in [-0.25, -0.2) is 9.59 Å². The molecule has 0 saturated heterocycles. The van der Waals surface area contributed by atoms with Gasteiger partial charge in [0.25, 0.3) is 0 Å². The number of amides is 2. The van der Waals surface area contributed by atoms with Crippen molar-refractivity contribution in [1.82, 2.24) is 10.2 Å². The Labute approximate surface area is 111 Å². The first kappa shape index (κ1) is 13.1. The fourth-order valence-corrected chi connectivity index (χ4v) is 2.11. The molecule has 1 unspecified atom stereocenters. The van der Waals surface area contributed by atoms with Gasteiger partial charge >= 0.3 is 12.0 Å². The smallest absolute Gasteiger partial charge is 0.326 e. The normalized spacial score (nSPS) is 14.6. The quantitative estimate of drug-likeness (QED) is 0.810. The van der Waals surface area contributed by atoms with Crippen LogP contribution in [0.5, 0.6) is 0 Å². The van der Waals surface area contributed by atoms with Gasteiger partial charge in [0.15, 0.2) is 0 Å². The van der Waals surface area contributed by atoms with E-state index in [1.54, 1.807) is 4.90 Å². The Kier molecular flexibility index (Phi) is 3.85. The van der Waals surface area contributed by atoms with Crippen LogP contribution in [0.15, 0.2) is 36.9 Å². The van der Waals surface area contributed by atoms with E-state index in [4.69, 9.17) is 5.11 Å². The van der Waals surface area contributed by atoms with E-state index in [-0.39, 0.29) is 12.5 Å². The third-order valence-corrected chi connectivity index (χ3v) is 3.13. The van der Waals surface area contributed by atoms with E-state index < -0.39 is 12.0 Å². The number of hydrogen-bond donors (Lipinski definition) is 2. The summed E-state index contributed by atoms with van der Waals surface area (Å²) in [7, 11) is 0. The fraction of sp³-hybridized carbons (Fsp3) is 0.286. The number of carboxylic acid groups (broad SMARTS) is 1. The van der Waals surface area contributed by atoms with Crippen LogP contribution in [0.25, 0.3) is 0 Å². The number of aliphatic carboxylic acids is 1. The number of rotatable bonds is 4. The van der Waals surface area contributed by atoms with Crippen molar-refractivity contribution in [3.05, 3.63) is 48.0 Å². The molecule has 2 rings (SSSR count). The second-order valence-corrected chi connectivity index (χ2v) is 4.49. The van der Waals surface area contributed by atoms with Gasteiger partial charge in [0.2, 0.25) is 0 Å². The van der Waals surface area contributed by atoms with Gasteiger partial charge in [0.05, 0.1) is 0 Å². The first-order valence-electron chi connectivity index (χ1n) is 6.07. The van der Waals surface area contributed by atoms with E-state index in [0.717, 1.165) is 11.1 Å². The van der Waals surface area contributed by atoms with Crippen LogP contribution in [0.1, 0.15) is 17.5 Å². The second kappa shape index (κ2) is 5.56. The number of urea groups is 1. The number of fused-ring (bicyclic) bond motifs is 1. The Balaban J connectivity index is 1.99. The Morgan fingerprint density at radius 1 is 1.37 bits per heavy atom. The number of carbonyl (C=O) groups excluding carboxylic acids is 1. The van der Waals surface area contributed by atoms with Crippen molar-refractivity contribution in [1.29, 1.82) is 0 Å². The summed E-state index contributed by atoms with van der Waals surface area (Å²) in [4.78, 5) is 24.6. The Morgan fingerprint density at radius 3 is 2.42 bits per heavy atom. The lowest BCUT2D eigenvalue weighted by Crippen LogP contribution is -2.46. The summed E-state index contributed by atoms with van der Waals surface area (Å²) in [6.45, 7) is 4.52. The molecule has 5 heteroatoms. The van der Waals surface area contributed by atoms with Crippen LogP contribution in [0, 0.1) is 0 Å². The van der Waals surface area contributed by atoms with E-state index in [0.29, 0.717) is 13.1 Å². The molecule has 1 aromatic rings. The highest BCUT2D eigenvalue weighted by Gasteiger charge is 2.26. The molecule has 1 aliphatic rings. The van der Waals surface area contributed by atoms with Crippen molar-refractivity contribution < 1.29 is 14.7 Å². The van der Waals surface area contributed by atoms with Crippen molar-refractivity contribution in [3.63, 3.8) is 0 Å². The van der Waals surface area contributed by atoms with E-state index in [9.17, 15) is 9.59 Å². The van der Waals surface area contributed by atoms with Gasteiger partial charge in [-0.3, -0.25) is 0 Å². The maximum absolute atomic E-state index is 12.0. The van der Waals surface area contributed by atoms with Crippen LogP contribution < -0.4 is 5.32 Å². The second-order valence-electron chi connectivity index (χ2n) is 4.49. The average molecular weight is 260 g/mol. The van der Waals surface area contributed by atoms with Gasteiger partial charge in [-0.1, -0.05) is 30.3 Å². The molecule has 1 heterocycles. The van der Waals surface area contributed by atoms with Gasteiger partial charge in [-0.05, 0) is 17.5 Å². The largest absolute Gasteiger partial charge is 0.480 e. The predicted octanol–water partition coefficient (Wildman–Crippen LogP) is 1.74. The predicted molar refractivity (Wildman–Crippen MR) is 70.5 cm³/mol. The lowest BCUT2D eigenvalue weighted by molar-refractivity contribution is -0.139. The molecular weight excluding hydrogens is 244 g/mol. The number of nitrogens with zero attached hydrogens (tertiary/aromatic N) is 1. The molecule has 0 saturated carbocycles. The van der Waals surface area contributed by atoms with Crippen molar-refractivity contribution in [2.75, 3.05) is 0 Å². The van der Waals surface area contributed by atoms with Gasteiger partial charge in [-0.2, -0.15) is 0 Å². The Morgan fingerprint density at radius 2 is 1.95 bits per heavy atom. The van der Waals surface area contributed by atoms with Crippen molar-refractivity contribution >= 4 is 12.0 Å². The number of benzene rings is 1. The van der Waals surface area contributed by atoms with E-state index in [1.807, 2.05) is 24.3 Å². The van der Waals surface area contributed by atoms with Crippen LogP contribution >= 0.6 is 0 Å². The highest BCUT2D eigenvalue weighted by atomic mass is 16.4. The van der Waals surface area contributed by atoms with Crippen LogP contribution in [-0.2, 0) is 17.9 Å². The molecular formula is C14H16N2O3. The van der Waals surface area contributed by atoms with Crippen molar-refractivity contribution in [2.45, 2.75) is 25.6 Å². The minimum Gasteiger partial charge on any atom is -0.480 e. The lowest BCUT2D eigenvalue weighted by atomic mass is 10.1. The van der Waals surface area contributed by atoms with Crippen LogP contribution in [-0.4, -0.2) is 28.0 Å². The Hall–Kier alpha value is -2.30. The first-order valence-corrected chi connectivity index (χ1v) is 6.07. The molecule has 0 fully saturated rings. The molecule has 2 amide bonds. The molecule has 0 radical (unpaired) electrons. The summed E-state index contributed by atoms with van der Waals surface area (Å²) in [6.07, 6.45) is 1.69. The molecule has 1 aliphatic heterocycles. The summed E-state index contributed by atoms with van der Waals surface area (Å²) in [5.41, 5.74) is 2.21. The van der Waals surface area contributed by atoms with E-state index in [1.165, 1.54) is 6.08 Å². The summed E-state index contributed by atoms with van der Waals surface area (Å²) in [5.74, 6) is -1.05. The minimum atomic E-state index is -1.05. The number of carbonyl (C=O) groups is 2. The molecule has 100 valence electrons. The highest BCUT2D eigenvalue weighted by molar-refractivity contribution is 5.83. The molecule has 0 bridgehead atoms. The monoisotopic (exact) mass is 260 g/mol. The zero-order valence-corrected chi connectivity index (χ0v) is 10.5. The summed E-state index contributed by atoms with van der Waals surface area (Å²) in [5, 5.41) is 11.5. The van der Waals surface area contributed by atoms with Gasteiger partial charge < -0.3 is 15.3 Å². The molecule has 0 aromatic heterocycles. The molecule has 2 N–H and O–H groups in total. The summed E-state index contributed by atoms with van der Waals surface area (Å²) >= 11 is 0. The maximum atomic E-state index is 12.0. The number of carboxylic acids is 1. The van der Waals surface area contributed by atoms with E-state index in [2.05, 4.69) is 11.9 Å². The molecule has 19 heavy (non-hydrogen) atoms. The molecule has 5 nitrogen and oxygen atoms in total. The van der Waals surface area contributed by atoms with Gasteiger partial charge in [0, 0.05) is 13.1 Å². The zero-order chi connectivity index (χ0) is 13.8. The van der Waals surface area contributed by atoms with Crippen molar-refractivity contribution in [3.8, 4) is 0 Å². The fourth-order valence-electron chi connectivity index (χ4n) is 2.11. The third kappa shape index (κ3) is 2.93. The topological polar surface area (TPSA) is 69.6 Å². The van der Waals surface area contributed by atoms with Crippen LogP contribution in [0.4, 0.5) is 4.79 Å². The SMILES string of the molecule is C=CCC(NC(=O)N1Cc2ccccc2C1)C(=O)O. The molecule has 0 aliphatic carbocycles. The average Bonchev–Trinajstić information content (AvgIpc) is 2.81. The zero-order valence-electron chi connectivity index (χ0n) is 10.5. The maximum Gasteiger partial charge on any atom is 0.326 e. The molecule has 0 spiro atoms. The minimum absolute atomic E-state index is 0.210. The van der Waals surface area contributed by atoms with Crippen LogP contribution in [0.2, 0.25) is 0 Å². The summed E-state index contributed by atoms with van der Waals surface area (Å²) < 4.78 is 0. The molecule has 1 aromatic carbocycles. The molecule has 1 atom stereocenters. The van der Waals surface area contributed by atoms with E-state index >= 15 is 0 Å². The standard InChI is InChI=1S/C14H16N2O3/c1-2-5-12(13(17)18)15-14(19)16-8-10-6-3-4-7-11(10)9-16/h2-4,6-7,12H,1,5,8-9H2,(H,15,19)(H,17,18). The number of hydrogen-bond acceptors (Lipinski definition) is 2. The Bertz CT molecular complexity index is 488. The third-order valence-electron chi connectivity index (χ3n) is 3.13. The van der Waals surface area contributed by atoms with Crippen LogP contribution in [0.3, 0.4) is 0 Å². The lowest BCUT2D eigenvalue weighted by Gasteiger charge is -2.19. The van der Waals surface area contributed by atoms with Gasteiger partial charge in [-0.15, -0.1) is 6.58 Å².